The summed E-state index contributed by atoms with van der Waals surface area (Å²) in [4.78, 5) is 0. The highest BCUT2D eigenvalue weighted by Gasteiger charge is 2.25. The minimum atomic E-state index is -1.39. The van der Waals surface area contributed by atoms with Gasteiger partial charge >= 0.3 is 0 Å². The van der Waals surface area contributed by atoms with Crippen LogP contribution in [0, 0.1) is 23.4 Å². The summed E-state index contributed by atoms with van der Waals surface area (Å²) in [5.74, 6) is -3.30. The van der Waals surface area contributed by atoms with E-state index in [0.717, 1.165) is 18.9 Å². The van der Waals surface area contributed by atoms with Gasteiger partial charge in [0.2, 0.25) is 0 Å². The van der Waals surface area contributed by atoms with Crippen molar-refractivity contribution in [2.75, 3.05) is 19.8 Å². The summed E-state index contributed by atoms with van der Waals surface area (Å²) < 4.78 is 45.7. The lowest BCUT2D eigenvalue weighted by molar-refractivity contribution is 0.181. The molecule has 1 aliphatic rings. The lowest BCUT2D eigenvalue weighted by atomic mass is 9.93. The molecule has 5 heteroatoms. The summed E-state index contributed by atoms with van der Waals surface area (Å²) in [7, 11) is 0. The highest BCUT2D eigenvalue weighted by Crippen LogP contribution is 2.29. The number of ether oxygens (including phenoxy) is 1. The molecule has 0 bridgehead atoms. The number of halogens is 3. The van der Waals surface area contributed by atoms with E-state index in [-0.39, 0.29) is 11.6 Å². The average molecular weight is 287 g/mol. The fourth-order valence-electron chi connectivity index (χ4n) is 2.55. The third-order valence-corrected chi connectivity index (χ3v) is 3.67. The van der Waals surface area contributed by atoms with Crippen molar-refractivity contribution in [3.05, 3.63) is 35.1 Å². The van der Waals surface area contributed by atoms with Crippen molar-refractivity contribution >= 4 is 0 Å². The third kappa shape index (κ3) is 3.52. The van der Waals surface area contributed by atoms with Crippen LogP contribution in [0.1, 0.15) is 37.8 Å². The van der Waals surface area contributed by atoms with E-state index in [4.69, 9.17) is 4.74 Å². The van der Waals surface area contributed by atoms with Crippen molar-refractivity contribution in [2.24, 2.45) is 5.92 Å². The number of benzene rings is 1. The van der Waals surface area contributed by atoms with Crippen molar-refractivity contribution in [1.82, 2.24) is 5.32 Å². The first-order valence-corrected chi connectivity index (χ1v) is 7.08. The Bertz CT molecular complexity index is 447. The maximum absolute atomic E-state index is 13.9. The SMILES string of the molecule is CCCNC(CC1CCOC1)c1ccc(F)c(F)c1F. The van der Waals surface area contributed by atoms with Gasteiger partial charge in [0.25, 0.3) is 0 Å². The number of hydrogen-bond donors (Lipinski definition) is 1. The molecule has 1 aromatic carbocycles. The van der Waals surface area contributed by atoms with Crippen LogP contribution in [-0.4, -0.2) is 19.8 Å². The molecule has 1 aromatic rings. The van der Waals surface area contributed by atoms with Crippen molar-refractivity contribution < 1.29 is 17.9 Å². The van der Waals surface area contributed by atoms with Gasteiger partial charge in [-0.05, 0) is 37.8 Å². The largest absolute Gasteiger partial charge is 0.381 e. The van der Waals surface area contributed by atoms with Crippen LogP contribution in [0.4, 0.5) is 13.2 Å². The predicted octanol–water partition coefficient (Wildman–Crippen LogP) is 3.57. The summed E-state index contributed by atoms with van der Waals surface area (Å²) in [6, 6.07) is 2.01. The minimum Gasteiger partial charge on any atom is -0.381 e. The normalized spacial score (nSPS) is 20.3. The molecule has 0 spiro atoms. The van der Waals surface area contributed by atoms with Crippen LogP contribution < -0.4 is 5.32 Å². The summed E-state index contributed by atoms with van der Waals surface area (Å²) in [6.07, 6.45) is 2.49. The summed E-state index contributed by atoms with van der Waals surface area (Å²) >= 11 is 0. The second-order valence-electron chi connectivity index (χ2n) is 5.24. The molecule has 112 valence electrons. The van der Waals surface area contributed by atoms with Crippen LogP contribution in [0.2, 0.25) is 0 Å². The van der Waals surface area contributed by atoms with E-state index in [1.165, 1.54) is 6.07 Å². The van der Waals surface area contributed by atoms with E-state index in [2.05, 4.69) is 5.32 Å². The Hall–Kier alpha value is -1.07. The molecule has 2 rings (SSSR count). The zero-order valence-corrected chi connectivity index (χ0v) is 11.6. The first kappa shape index (κ1) is 15.3. The Labute approximate surface area is 117 Å². The van der Waals surface area contributed by atoms with E-state index in [1.54, 1.807) is 0 Å². The Morgan fingerprint density at radius 1 is 1.30 bits per heavy atom. The maximum atomic E-state index is 13.9. The average Bonchev–Trinajstić information content (AvgIpc) is 2.94. The van der Waals surface area contributed by atoms with Gasteiger partial charge in [-0.3, -0.25) is 0 Å². The molecular formula is C15H20F3NO. The molecule has 0 amide bonds. The van der Waals surface area contributed by atoms with Gasteiger partial charge in [0.05, 0.1) is 0 Å². The monoisotopic (exact) mass is 287 g/mol. The van der Waals surface area contributed by atoms with Gasteiger partial charge in [-0.2, -0.15) is 0 Å². The van der Waals surface area contributed by atoms with Crippen molar-refractivity contribution in [3.63, 3.8) is 0 Å². The van der Waals surface area contributed by atoms with Gasteiger partial charge in [0.1, 0.15) is 0 Å². The number of nitrogens with one attached hydrogen (secondary N) is 1. The van der Waals surface area contributed by atoms with E-state index in [9.17, 15) is 13.2 Å². The summed E-state index contributed by atoms with van der Waals surface area (Å²) in [5, 5.41) is 3.22. The van der Waals surface area contributed by atoms with Crippen LogP contribution in [0.25, 0.3) is 0 Å². The van der Waals surface area contributed by atoms with Crippen molar-refractivity contribution in [3.8, 4) is 0 Å². The van der Waals surface area contributed by atoms with Crippen LogP contribution in [0.15, 0.2) is 12.1 Å². The van der Waals surface area contributed by atoms with Crippen LogP contribution in [0.5, 0.6) is 0 Å². The molecule has 1 N–H and O–H groups in total. The van der Waals surface area contributed by atoms with E-state index < -0.39 is 17.5 Å². The fraction of sp³-hybridized carbons (Fsp3) is 0.600. The number of rotatable bonds is 6. The van der Waals surface area contributed by atoms with Crippen LogP contribution >= 0.6 is 0 Å². The molecule has 0 aromatic heterocycles. The van der Waals surface area contributed by atoms with E-state index >= 15 is 0 Å². The Kier molecular flexibility index (Phi) is 5.43. The Morgan fingerprint density at radius 3 is 2.75 bits per heavy atom. The minimum absolute atomic E-state index is 0.198. The Balaban J connectivity index is 2.18. The molecule has 2 atom stereocenters. The topological polar surface area (TPSA) is 21.3 Å². The highest BCUT2D eigenvalue weighted by atomic mass is 19.2. The lowest BCUT2D eigenvalue weighted by Gasteiger charge is -2.22. The third-order valence-electron chi connectivity index (χ3n) is 3.67. The molecule has 0 aliphatic carbocycles. The first-order valence-electron chi connectivity index (χ1n) is 7.08. The zero-order valence-electron chi connectivity index (χ0n) is 11.6. The molecule has 2 nitrogen and oxygen atoms in total. The van der Waals surface area contributed by atoms with Gasteiger partial charge in [0, 0.05) is 24.8 Å². The maximum Gasteiger partial charge on any atom is 0.194 e. The Morgan fingerprint density at radius 2 is 2.10 bits per heavy atom. The van der Waals surface area contributed by atoms with Gasteiger partial charge < -0.3 is 10.1 Å². The van der Waals surface area contributed by atoms with Crippen molar-refractivity contribution in [1.29, 1.82) is 0 Å². The lowest BCUT2D eigenvalue weighted by Crippen LogP contribution is -2.26. The second kappa shape index (κ2) is 7.09. The second-order valence-corrected chi connectivity index (χ2v) is 5.24. The van der Waals surface area contributed by atoms with Gasteiger partial charge in [-0.1, -0.05) is 13.0 Å². The van der Waals surface area contributed by atoms with E-state index in [1.807, 2.05) is 6.92 Å². The molecule has 1 fully saturated rings. The quantitative estimate of drug-likeness (QED) is 0.808. The van der Waals surface area contributed by atoms with Gasteiger partial charge in [-0.15, -0.1) is 0 Å². The van der Waals surface area contributed by atoms with Crippen LogP contribution in [-0.2, 0) is 4.74 Å². The summed E-state index contributed by atoms with van der Waals surface area (Å²) in [6.45, 7) is 4.07. The predicted molar refractivity (Wildman–Crippen MR) is 70.9 cm³/mol. The molecular weight excluding hydrogens is 267 g/mol. The molecule has 0 saturated carbocycles. The standard InChI is InChI=1S/C15H20F3NO/c1-2-6-19-13(8-10-5-7-20-9-10)11-3-4-12(16)15(18)14(11)17/h3-4,10,13,19H,2,5-9H2,1H3. The molecule has 2 unspecified atom stereocenters. The molecule has 1 heterocycles. The molecule has 0 radical (unpaired) electrons. The molecule has 1 aliphatic heterocycles. The van der Waals surface area contributed by atoms with Crippen molar-refractivity contribution in [2.45, 2.75) is 32.2 Å². The number of hydrogen-bond acceptors (Lipinski definition) is 2. The molecule has 1 saturated heterocycles. The highest BCUT2D eigenvalue weighted by molar-refractivity contribution is 5.23. The smallest absolute Gasteiger partial charge is 0.194 e. The van der Waals surface area contributed by atoms with Crippen LogP contribution in [0.3, 0.4) is 0 Å². The van der Waals surface area contributed by atoms with Gasteiger partial charge in [0.15, 0.2) is 17.5 Å². The van der Waals surface area contributed by atoms with E-state index in [0.29, 0.717) is 32.1 Å². The molecule has 20 heavy (non-hydrogen) atoms. The fourth-order valence-corrected chi connectivity index (χ4v) is 2.55. The summed E-state index contributed by atoms with van der Waals surface area (Å²) in [5.41, 5.74) is 0.198. The van der Waals surface area contributed by atoms with Gasteiger partial charge in [-0.25, -0.2) is 13.2 Å². The first-order chi connectivity index (χ1) is 9.63. The zero-order chi connectivity index (χ0) is 14.5.